The Hall–Kier alpha value is -1.74. The van der Waals surface area contributed by atoms with E-state index in [4.69, 9.17) is 0 Å². The van der Waals surface area contributed by atoms with Crippen molar-refractivity contribution < 1.29 is 13.2 Å². The Balaban J connectivity index is 1.65. The van der Waals surface area contributed by atoms with E-state index in [1.54, 1.807) is 6.92 Å². The van der Waals surface area contributed by atoms with Crippen LogP contribution in [0.2, 0.25) is 0 Å². The predicted octanol–water partition coefficient (Wildman–Crippen LogP) is 1.19. The molecule has 9 heteroatoms. The Labute approximate surface area is 165 Å². The lowest BCUT2D eigenvalue weighted by molar-refractivity contribution is -0.137. The van der Waals surface area contributed by atoms with Gasteiger partial charge in [0, 0.05) is 24.6 Å². The van der Waals surface area contributed by atoms with Crippen molar-refractivity contribution in [1.29, 1.82) is 0 Å². The molecule has 0 radical (unpaired) electrons. The van der Waals surface area contributed by atoms with Crippen molar-refractivity contribution in [1.82, 2.24) is 19.2 Å². The number of nitrogens with zero attached hydrogens (tertiary/aromatic N) is 3. The van der Waals surface area contributed by atoms with Crippen LogP contribution in [0, 0.1) is 11.8 Å². The smallest absolute Gasteiger partial charge is 0.254 e. The van der Waals surface area contributed by atoms with Crippen LogP contribution in [0.5, 0.6) is 0 Å². The van der Waals surface area contributed by atoms with E-state index >= 15 is 0 Å². The van der Waals surface area contributed by atoms with Gasteiger partial charge in [0.2, 0.25) is 15.9 Å². The molecule has 4 rings (SSSR count). The van der Waals surface area contributed by atoms with Crippen LogP contribution in [0.15, 0.2) is 4.79 Å². The van der Waals surface area contributed by atoms with E-state index in [-0.39, 0.29) is 35.7 Å². The van der Waals surface area contributed by atoms with Crippen LogP contribution < -0.4 is 5.56 Å². The summed E-state index contributed by atoms with van der Waals surface area (Å²) in [5.41, 5.74) is 0.891. The number of piperidine rings is 1. The molecule has 154 valence electrons. The number of likely N-dealkylation sites (tertiary alicyclic amines) is 1. The number of fused-ring (bicyclic) bond motifs is 1. The second-order valence-corrected chi connectivity index (χ2v) is 10.5. The molecule has 3 aliphatic rings. The number of amides is 1. The Morgan fingerprint density at radius 1 is 1.29 bits per heavy atom. The molecule has 0 aromatic carbocycles. The fourth-order valence-corrected chi connectivity index (χ4v) is 5.43. The molecule has 8 nitrogen and oxygen atoms in total. The van der Waals surface area contributed by atoms with E-state index in [0.717, 1.165) is 25.7 Å². The lowest BCUT2D eigenvalue weighted by Gasteiger charge is -2.36. The Morgan fingerprint density at radius 2 is 2.04 bits per heavy atom. The van der Waals surface area contributed by atoms with Crippen molar-refractivity contribution in [2.24, 2.45) is 11.8 Å². The summed E-state index contributed by atoms with van der Waals surface area (Å²) >= 11 is 0. The van der Waals surface area contributed by atoms with Gasteiger partial charge in [-0.3, -0.25) is 9.59 Å². The number of nitrogens with one attached hydrogen (secondary N) is 1. The van der Waals surface area contributed by atoms with Crippen molar-refractivity contribution in [3.05, 3.63) is 27.4 Å². The van der Waals surface area contributed by atoms with Crippen molar-refractivity contribution in [2.45, 2.75) is 58.5 Å². The molecular formula is C19H28N4O4S. The van der Waals surface area contributed by atoms with E-state index in [2.05, 4.69) is 16.9 Å². The monoisotopic (exact) mass is 408 g/mol. The van der Waals surface area contributed by atoms with Crippen molar-refractivity contribution in [2.75, 3.05) is 18.8 Å². The number of sulfonamides is 1. The molecule has 0 bridgehead atoms. The topological polar surface area (TPSA) is 103 Å². The third kappa shape index (κ3) is 3.50. The van der Waals surface area contributed by atoms with Gasteiger partial charge in [0.15, 0.2) is 0 Å². The number of carbonyl (C=O) groups is 1. The molecule has 1 aromatic rings. The average Bonchev–Trinajstić information content (AvgIpc) is 3.43. The normalized spacial score (nSPS) is 28.1. The largest absolute Gasteiger partial charge is 0.332 e. The first-order chi connectivity index (χ1) is 13.3. The summed E-state index contributed by atoms with van der Waals surface area (Å²) in [5, 5.41) is 0. The van der Waals surface area contributed by atoms with E-state index in [0.29, 0.717) is 42.5 Å². The summed E-state index contributed by atoms with van der Waals surface area (Å²) in [4.78, 5) is 35.0. The second-order valence-electron chi connectivity index (χ2n) is 8.22. The van der Waals surface area contributed by atoms with Gasteiger partial charge in [0.05, 0.1) is 24.0 Å². The van der Waals surface area contributed by atoms with Crippen LogP contribution in [-0.4, -0.2) is 52.3 Å². The number of aromatic amines is 1. The summed E-state index contributed by atoms with van der Waals surface area (Å²) in [7, 11) is -3.33. The third-order valence-corrected chi connectivity index (χ3v) is 8.17. The van der Waals surface area contributed by atoms with Crippen LogP contribution >= 0.6 is 0 Å². The maximum absolute atomic E-state index is 12.9. The van der Waals surface area contributed by atoms with Crippen LogP contribution in [0.3, 0.4) is 0 Å². The fraction of sp³-hybridized carbons (Fsp3) is 0.737. The molecule has 0 spiro atoms. The number of H-pyrrole nitrogens is 1. The lowest BCUT2D eigenvalue weighted by Crippen LogP contribution is -2.43. The molecule has 1 amide bonds. The first kappa shape index (κ1) is 19.6. The molecule has 3 atom stereocenters. The van der Waals surface area contributed by atoms with Gasteiger partial charge >= 0.3 is 0 Å². The number of hydrogen-bond donors (Lipinski definition) is 1. The number of rotatable bonds is 4. The lowest BCUT2D eigenvalue weighted by atomic mass is 9.99. The summed E-state index contributed by atoms with van der Waals surface area (Å²) in [6.07, 6.45) is 4.00. The summed E-state index contributed by atoms with van der Waals surface area (Å²) in [5.74, 6) is 1.21. The molecule has 3 heterocycles. The first-order valence-corrected chi connectivity index (χ1v) is 11.8. The molecule has 1 saturated carbocycles. The fourth-order valence-electron chi connectivity index (χ4n) is 4.37. The third-order valence-electron chi connectivity index (χ3n) is 6.34. The van der Waals surface area contributed by atoms with Crippen LogP contribution in [0.1, 0.15) is 62.7 Å². The molecule has 2 fully saturated rings. The summed E-state index contributed by atoms with van der Waals surface area (Å²) < 4.78 is 25.9. The van der Waals surface area contributed by atoms with Crippen molar-refractivity contribution >= 4 is 15.9 Å². The predicted molar refractivity (Wildman–Crippen MR) is 104 cm³/mol. The van der Waals surface area contributed by atoms with E-state index in [1.807, 2.05) is 4.90 Å². The van der Waals surface area contributed by atoms with Crippen LogP contribution in [-0.2, 0) is 27.8 Å². The zero-order chi connectivity index (χ0) is 20.1. The Bertz CT molecular complexity index is 942. The van der Waals surface area contributed by atoms with E-state index in [1.165, 1.54) is 4.31 Å². The van der Waals surface area contributed by atoms with Gasteiger partial charge in [0.1, 0.15) is 5.82 Å². The number of aromatic nitrogens is 2. The molecule has 1 N–H and O–H groups in total. The average molecular weight is 409 g/mol. The van der Waals surface area contributed by atoms with E-state index in [9.17, 15) is 18.0 Å². The Morgan fingerprint density at radius 3 is 2.71 bits per heavy atom. The van der Waals surface area contributed by atoms with E-state index < -0.39 is 10.0 Å². The highest BCUT2D eigenvalue weighted by molar-refractivity contribution is 7.89. The van der Waals surface area contributed by atoms with Gasteiger partial charge in [-0.2, -0.15) is 4.31 Å². The Kier molecular flexibility index (Phi) is 5.07. The first-order valence-electron chi connectivity index (χ1n) is 10.2. The highest BCUT2D eigenvalue weighted by atomic mass is 32.2. The molecular weight excluding hydrogens is 380 g/mol. The molecule has 28 heavy (non-hydrogen) atoms. The maximum atomic E-state index is 12.9. The molecule has 2 aliphatic heterocycles. The minimum Gasteiger partial charge on any atom is -0.332 e. The van der Waals surface area contributed by atoms with Crippen LogP contribution in [0.4, 0.5) is 0 Å². The molecule has 1 aromatic heterocycles. The van der Waals surface area contributed by atoms with Crippen LogP contribution in [0.25, 0.3) is 0 Å². The van der Waals surface area contributed by atoms with Gasteiger partial charge in [-0.15, -0.1) is 0 Å². The molecule has 1 aliphatic carbocycles. The minimum absolute atomic E-state index is 0.0306. The quantitative estimate of drug-likeness (QED) is 0.806. The van der Waals surface area contributed by atoms with Crippen molar-refractivity contribution in [3.63, 3.8) is 0 Å². The minimum atomic E-state index is -3.33. The highest BCUT2D eigenvalue weighted by Gasteiger charge is 2.44. The number of hydrogen-bond acceptors (Lipinski definition) is 5. The zero-order valence-corrected chi connectivity index (χ0v) is 17.3. The van der Waals surface area contributed by atoms with Gasteiger partial charge in [0.25, 0.3) is 5.56 Å². The molecule has 1 saturated heterocycles. The van der Waals surface area contributed by atoms with Crippen molar-refractivity contribution in [3.8, 4) is 0 Å². The van der Waals surface area contributed by atoms with Gasteiger partial charge < -0.3 is 9.88 Å². The van der Waals surface area contributed by atoms with Gasteiger partial charge in [-0.05, 0) is 44.9 Å². The maximum Gasteiger partial charge on any atom is 0.254 e. The molecule has 0 unspecified atom stereocenters. The second kappa shape index (κ2) is 7.26. The summed E-state index contributed by atoms with van der Waals surface area (Å²) in [6.45, 7) is 4.82. The van der Waals surface area contributed by atoms with Gasteiger partial charge in [-0.1, -0.05) is 6.92 Å². The highest BCUT2D eigenvalue weighted by Crippen LogP contribution is 2.42. The standard InChI is InChI=1S/C19H28N4O4S/c1-3-28(26,27)22-9-7-13-15(11-22)20-17(21-18(13)24)16-6-4-5-8-23(16)19(25)14-10-12(14)2/h12,14,16H,3-11H2,1-2H3,(H,20,21,24)/t12-,14+,16+/m0/s1. The van der Waals surface area contributed by atoms with Gasteiger partial charge in [-0.25, -0.2) is 13.4 Å². The zero-order valence-electron chi connectivity index (χ0n) is 16.5. The SMILES string of the molecule is CCS(=O)(=O)N1CCc2c(nc([C@H]3CCCCN3C(=O)[C@@H]3C[C@@H]3C)[nH]c2=O)C1. The number of carbonyl (C=O) groups excluding carboxylic acids is 1. The summed E-state index contributed by atoms with van der Waals surface area (Å²) in [6, 6.07) is -0.231.